The number of carboxylic acid groups (broad SMARTS) is 1. The van der Waals surface area contributed by atoms with Crippen LogP contribution in [0.1, 0.15) is 59.1 Å². The number of hydrogen-bond donors (Lipinski definition) is 3. The van der Waals surface area contributed by atoms with Gasteiger partial charge < -0.3 is 25.4 Å². The Morgan fingerprint density at radius 1 is 1.03 bits per heavy atom. The molecule has 9 heteroatoms. The fraction of sp³-hybridized carbons (Fsp3) is 0.583. The number of carbonyl (C=O) groups excluding carboxylic acids is 3. The van der Waals surface area contributed by atoms with Gasteiger partial charge in [0.2, 0.25) is 11.8 Å². The number of amides is 3. The number of benzene rings is 1. The average Bonchev–Trinajstić information content (AvgIpc) is 2.74. The number of ether oxygens (including phenoxy) is 1. The van der Waals surface area contributed by atoms with E-state index < -0.39 is 35.7 Å². The van der Waals surface area contributed by atoms with E-state index in [1.165, 1.54) is 0 Å². The lowest BCUT2D eigenvalue weighted by Crippen LogP contribution is -2.54. The van der Waals surface area contributed by atoms with Crippen LogP contribution in [0.2, 0.25) is 0 Å². The summed E-state index contributed by atoms with van der Waals surface area (Å²) in [6.45, 7) is 9.63. The average molecular weight is 462 g/mol. The van der Waals surface area contributed by atoms with Crippen LogP contribution in [0.4, 0.5) is 4.79 Å². The normalized spacial score (nSPS) is 16.6. The molecule has 2 atom stereocenters. The maximum absolute atomic E-state index is 13.0. The molecule has 0 spiro atoms. The number of likely N-dealkylation sites (tertiary alicyclic amines) is 1. The molecule has 182 valence electrons. The van der Waals surface area contributed by atoms with Gasteiger partial charge in [0.15, 0.2) is 6.04 Å². The Bertz CT molecular complexity index is 842. The molecule has 1 heterocycles. The van der Waals surface area contributed by atoms with Crippen molar-refractivity contribution < 1.29 is 29.0 Å². The molecule has 0 aromatic heterocycles. The second-order valence-corrected chi connectivity index (χ2v) is 9.66. The fourth-order valence-electron chi connectivity index (χ4n) is 3.70. The van der Waals surface area contributed by atoms with E-state index in [1.54, 1.807) is 56.0 Å². The lowest BCUT2D eigenvalue weighted by Gasteiger charge is -2.35. The Hall–Kier alpha value is -3.10. The van der Waals surface area contributed by atoms with E-state index in [2.05, 4.69) is 10.6 Å². The van der Waals surface area contributed by atoms with E-state index in [1.807, 2.05) is 13.8 Å². The van der Waals surface area contributed by atoms with E-state index in [-0.39, 0.29) is 17.7 Å². The van der Waals surface area contributed by atoms with Crippen LogP contribution in [0.25, 0.3) is 0 Å². The maximum atomic E-state index is 13.0. The number of alkyl carbamates (subject to hydrolysis) is 1. The Morgan fingerprint density at radius 2 is 1.61 bits per heavy atom. The number of rotatable bonds is 7. The molecule has 0 aliphatic carbocycles. The number of carboxylic acids is 1. The molecule has 0 saturated carbocycles. The summed E-state index contributed by atoms with van der Waals surface area (Å²) in [5.41, 5.74) is -0.174. The van der Waals surface area contributed by atoms with E-state index in [9.17, 15) is 24.3 Å². The van der Waals surface area contributed by atoms with Crippen molar-refractivity contribution in [2.24, 2.45) is 11.8 Å². The number of nitrogens with zero attached hydrogens (tertiary/aromatic N) is 1. The molecule has 0 bridgehead atoms. The van der Waals surface area contributed by atoms with E-state index >= 15 is 0 Å². The van der Waals surface area contributed by atoms with E-state index in [4.69, 9.17) is 4.74 Å². The minimum absolute atomic E-state index is 0.145. The molecule has 3 N–H and O–H groups in total. The summed E-state index contributed by atoms with van der Waals surface area (Å²) in [5.74, 6) is -2.23. The molecule has 0 unspecified atom stereocenters. The third-order valence-electron chi connectivity index (χ3n) is 5.45. The van der Waals surface area contributed by atoms with Gasteiger partial charge in [-0.3, -0.25) is 9.59 Å². The number of aliphatic carboxylic acids is 1. The van der Waals surface area contributed by atoms with Crippen molar-refractivity contribution in [3.8, 4) is 0 Å². The van der Waals surface area contributed by atoms with Gasteiger partial charge in [-0.25, -0.2) is 9.59 Å². The largest absolute Gasteiger partial charge is 0.479 e. The minimum Gasteiger partial charge on any atom is -0.479 e. The molecule has 1 aromatic carbocycles. The SMILES string of the molecule is CC(C)[C@H](NC(=O)OC(C)(C)C)C(=O)N1CCC(C(=O)N[C@H](C(=O)O)c2ccccc2)CC1. The van der Waals surface area contributed by atoms with Crippen LogP contribution in [-0.4, -0.2) is 58.6 Å². The van der Waals surface area contributed by atoms with Crippen molar-refractivity contribution in [2.75, 3.05) is 13.1 Å². The third kappa shape index (κ3) is 7.76. The summed E-state index contributed by atoms with van der Waals surface area (Å²) in [4.78, 5) is 51.2. The van der Waals surface area contributed by atoms with Gasteiger partial charge in [-0.05, 0) is 45.1 Å². The van der Waals surface area contributed by atoms with Crippen molar-refractivity contribution in [1.82, 2.24) is 15.5 Å². The second-order valence-electron chi connectivity index (χ2n) is 9.66. The van der Waals surface area contributed by atoms with Crippen molar-refractivity contribution in [3.05, 3.63) is 35.9 Å². The molecule has 9 nitrogen and oxygen atoms in total. The van der Waals surface area contributed by atoms with Crippen molar-refractivity contribution >= 4 is 23.9 Å². The van der Waals surface area contributed by atoms with Crippen molar-refractivity contribution in [1.29, 1.82) is 0 Å². The van der Waals surface area contributed by atoms with Crippen LogP contribution in [0, 0.1) is 11.8 Å². The molecule has 1 aliphatic rings. The number of carbonyl (C=O) groups is 4. The van der Waals surface area contributed by atoms with Gasteiger partial charge in [0, 0.05) is 19.0 Å². The van der Waals surface area contributed by atoms with Gasteiger partial charge in [-0.2, -0.15) is 0 Å². The first kappa shape index (κ1) is 26.2. The zero-order valence-electron chi connectivity index (χ0n) is 20.0. The second kappa shape index (κ2) is 11.2. The quantitative estimate of drug-likeness (QED) is 0.573. The van der Waals surface area contributed by atoms with Crippen molar-refractivity contribution in [2.45, 2.75) is 65.1 Å². The Labute approximate surface area is 194 Å². The Kier molecular flexibility index (Phi) is 8.84. The summed E-state index contributed by atoms with van der Waals surface area (Å²) < 4.78 is 5.28. The fourth-order valence-corrected chi connectivity index (χ4v) is 3.70. The van der Waals surface area contributed by atoms with Crippen molar-refractivity contribution in [3.63, 3.8) is 0 Å². The molecule has 1 aromatic rings. The smallest absolute Gasteiger partial charge is 0.408 e. The number of piperidine rings is 1. The van der Waals surface area contributed by atoms with Gasteiger partial charge in [-0.15, -0.1) is 0 Å². The lowest BCUT2D eigenvalue weighted by atomic mass is 9.93. The molecular weight excluding hydrogens is 426 g/mol. The summed E-state index contributed by atoms with van der Waals surface area (Å²) in [5, 5.41) is 14.8. The van der Waals surface area contributed by atoms with E-state index in [0.29, 0.717) is 31.5 Å². The predicted octanol–water partition coefficient (Wildman–Crippen LogP) is 2.72. The minimum atomic E-state index is -1.13. The third-order valence-corrected chi connectivity index (χ3v) is 5.45. The summed E-state index contributed by atoms with van der Waals surface area (Å²) in [6, 6.07) is 6.67. The first-order valence-electron chi connectivity index (χ1n) is 11.3. The van der Waals surface area contributed by atoms with Gasteiger partial charge in [0.1, 0.15) is 11.6 Å². The monoisotopic (exact) mass is 461 g/mol. The maximum Gasteiger partial charge on any atom is 0.408 e. The van der Waals surface area contributed by atoms with Crippen LogP contribution >= 0.6 is 0 Å². The number of nitrogens with one attached hydrogen (secondary N) is 2. The molecule has 33 heavy (non-hydrogen) atoms. The first-order chi connectivity index (χ1) is 15.4. The highest BCUT2D eigenvalue weighted by Crippen LogP contribution is 2.22. The molecular formula is C24H35N3O6. The van der Waals surface area contributed by atoms with Gasteiger partial charge in [-0.1, -0.05) is 44.2 Å². The van der Waals surface area contributed by atoms with E-state index in [0.717, 1.165) is 0 Å². The van der Waals surface area contributed by atoms with Crippen LogP contribution in [0.3, 0.4) is 0 Å². The van der Waals surface area contributed by atoms with Crippen LogP contribution in [-0.2, 0) is 19.1 Å². The summed E-state index contributed by atoms with van der Waals surface area (Å²) >= 11 is 0. The first-order valence-corrected chi connectivity index (χ1v) is 11.3. The molecule has 1 saturated heterocycles. The lowest BCUT2D eigenvalue weighted by molar-refractivity contribution is -0.143. The van der Waals surface area contributed by atoms with Crippen LogP contribution < -0.4 is 10.6 Å². The highest BCUT2D eigenvalue weighted by molar-refractivity contribution is 5.87. The van der Waals surface area contributed by atoms with Gasteiger partial charge >= 0.3 is 12.1 Å². The molecule has 1 fully saturated rings. The Balaban J connectivity index is 1.95. The molecule has 2 rings (SSSR count). The predicted molar refractivity (Wildman–Crippen MR) is 122 cm³/mol. The zero-order valence-corrected chi connectivity index (χ0v) is 20.0. The summed E-state index contributed by atoms with van der Waals surface area (Å²) in [7, 11) is 0. The van der Waals surface area contributed by atoms with Gasteiger partial charge in [0.05, 0.1) is 0 Å². The van der Waals surface area contributed by atoms with Crippen LogP contribution in [0.15, 0.2) is 30.3 Å². The topological polar surface area (TPSA) is 125 Å². The van der Waals surface area contributed by atoms with Crippen LogP contribution in [0.5, 0.6) is 0 Å². The van der Waals surface area contributed by atoms with Gasteiger partial charge in [0.25, 0.3) is 0 Å². The zero-order chi connectivity index (χ0) is 24.8. The molecule has 3 amide bonds. The molecule has 1 aliphatic heterocycles. The molecule has 0 radical (unpaired) electrons. The highest BCUT2D eigenvalue weighted by Gasteiger charge is 2.35. The Morgan fingerprint density at radius 3 is 2.09 bits per heavy atom. The summed E-state index contributed by atoms with van der Waals surface area (Å²) in [6.07, 6.45) is 0.177. The standard InChI is InChI=1S/C24H35N3O6/c1-15(2)18(26-23(32)33-24(3,4)5)21(29)27-13-11-17(12-14-27)20(28)25-19(22(30)31)16-9-7-6-8-10-16/h6-10,15,17-19H,11-14H2,1-5H3,(H,25,28)(H,26,32)(H,30,31)/t18-,19-/m0/s1. The highest BCUT2D eigenvalue weighted by atomic mass is 16.6. The number of hydrogen-bond acceptors (Lipinski definition) is 5.